The van der Waals surface area contributed by atoms with Crippen LogP contribution in [0, 0.1) is 17.0 Å². The molecule has 1 amide bonds. The van der Waals surface area contributed by atoms with Crippen molar-refractivity contribution >= 4 is 27.3 Å². The first-order valence-electron chi connectivity index (χ1n) is 11.2. The summed E-state index contributed by atoms with van der Waals surface area (Å²) in [6.07, 6.45) is 1.90. The molecule has 2 N–H and O–H groups in total. The van der Waals surface area contributed by atoms with Crippen LogP contribution in [0.25, 0.3) is 0 Å². The molecule has 3 rings (SSSR count). The van der Waals surface area contributed by atoms with Gasteiger partial charge in [-0.2, -0.15) is 0 Å². The predicted molar refractivity (Wildman–Crippen MR) is 131 cm³/mol. The molecule has 1 aliphatic rings. The number of nitrogens with one attached hydrogen (secondary N) is 2. The third-order valence-electron chi connectivity index (χ3n) is 5.87. The highest BCUT2D eigenvalue weighted by molar-refractivity contribution is 7.92. The number of nitro groups is 1. The molecule has 184 valence electrons. The quantitative estimate of drug-likeness (QED) is 0.298. The number of nitro benzene ring substituents is 1. The summed E-state index contributed by atoms with van der Waals surface area (Å²) in [6.45, 7) is 7.50. The molecule has 34 heavy (non-hydrogen) atoms. The van der Waals surface area contributed by atoms with Crippen molar-refractivity contribution in [3.05, 3.63) is 63.7 Å². The number of amides is 1. The third kappa shape index (κ3) is 6.99. The van der Waals surface area contributed by atoms with Crippen LogP contribution in [0.4, 0.5) is 11.4 Å². The summed E-state index contributed by atoms with van der Waals surface area (Å²) in [5, 5.41) is 14.0. The highest BCUT2D eigenvalue weighted by Crippen LogP contribution is 2.24. The molecule has 0 spiro atoms. The number of hydrogen-bond donors (Lipinski definition) is 2. The SMILES string of the molecule is Cc1ccc(S(=O)(=O)Nc2ccc(C(=O)NCCCCN3CCN(C)CC3)cc2)cc1[N+](=O)[O-]. The molecule has 0 radical (unpaired) electrons. The number of rotatable bonds is 10. The Morgan fingerprint density at radius 3 is 2.38 bits per heavy atom. The van der Waals surface area contributed by atoms with Gasteiger partial charge in [-0.25, -0.2) is 8.42 Å². The summed E-state index contributed by atoms with van der Waals surface area (Å²) in [4.78, 5) is 27.4. The maximum absolute atomic E-state index is 12.6. The van der Waals surface area contributed by atoms with Crippen molar-refractivity contribution in [3.63, 3.8) is 0 Å². The fourth-order valence-corrected chi connectivity index (χ4v) is 4.77. The molecule has 0 aliphatic carbocycles. The van der Waals surface area contributed by atoms with E-state index in [9.17, 15) is 23.3 Å². The highest BCUT2D eigenvalue weighted by Gasteiger charge is 2.20. The molecule has 1 saturated heterocycles. The van der Waals surface area contributed by atoms with E-state index in [1.165, 1.54) is 36.4 Å². The number of aryl methyl sites for hydroxylation is 1. The molecular weight excluding hydrogens is 458 g/mol. The van der Waals surface area contributed by atoms with Crippen molar-refractivity contribution in [3.8, 4) is 0 Å². The van der Waals surface area contributed by atoms with Gasteiger partial charge in [0.1, 0.15) is 0 Å². The number of carbonyl (C=O) groups excluding carboxylic acids is 1. The Hall–Kier alpha value is -3.02. The lowest BCUT2D eigenvalue weighted by Crippen LogP contribution is -2.44. The van der Waals surface area contributed by atoms with Gasteiger partial charge in [-0.05, 0) is 63.7 Å². The van der Waals surface area contributed by atoms with Gasteiger partial charge in [0.2, 0.25) is 0 Å². The van der Waals surface area contributed by atoms with Gasteiger partial charge in [0.25, 0.3) is 21.6 Å². The van der Waals surface area contributed by atoms with Gasteiger partial charge < -0.3 is 15.1 Å². The molecule has 1 aliphatic heterocycles. The largest absolute Gasteiger partial charge is 0.352 e. The van der Waals surface area contributed by atoms with Crippen LogP contribution in [0.3, 0.4) is 0 Å². The van der Waals surface area contributed by atoms with Crippen LogP contribution in [0.5, 0.6) is 0 Å². The van der Waals surface area contributed by atoms with E-state index < -0.39 is 14.9 Å². The second-order valence-electron chi connectivity index (χ2n) is 8.50. The lowest BCUT2D eigenvalue weighted by molar-refractivity contribution is -0.385. The normalized spacial score (nSPS) is 15.1. The first kappa shape index (κ1) is 25.6. The molecule has 0 aromatic heterocycles. The highest BCUT2D eigenvalue weighted by atomic mass is 32.2. The lowest BCUT2D eigenvalue weighted by atomic mass is 10.2. The van der Waals surface area contributed by atoms with Gasteiger partial charge in [0, 0.05) is 55.6 Å². The Kier molecular flexibility index (Phi) is 8.59. The van der Waals surface area contributed by atoms with Crippen LogP contribution < -0.4 is 10.0 Å². The van der Waals surface area contributed by atoms with E-state index in [4.69, 9.17) is 0 Å². The molecule has 11 heteroatoms. The van der Waals surface area contributed by atoms with Crippen LogP contribution >= 0.6 is 0 Å². The molecule has 0 saturated carbocycles. The fraction of sp³-hybridized carbons (Fsp3) is 0.435. The smallest absolute Gasteiger partial charge is 0.273 e. The summed E-state index contributed by atoms with van der Waals surface area (Å²) >= 11 is 0. The van der Waals surface area contributed by atoms with Gasteiger partial charge in [0.15, 0.2) is 0 Å². The second-order valence-corrected chi connectivity index (χ2v) is 10.2. The summed E-state index contributed by atoms with van der Waals surface area (Å²) in [6, 6.07) is 9.79. The number of benzene rings is 2. The van der Waals surface area contributed by atoms with Gasteiger partial charge >= 0.3 is 0 Å². The number of anilines is 1. The Balaban J connectivity index is 1.48. The minimum atomic E-state index is -4.01. The summed E-state index contributed by atoms with van der Waals surface area (Å²) in [7, 11) is -1.88. The standard InChI is InChI=1S/C23H31N5O5S/c1-18-5-10-21(17-22(18)28(30)31)34(32,33)25-20-8-6-19(7-9-20)23(29)24-11-3-4-12-27-15-13-26(2)14-16-27/h5-10,17,25H,3-4,11-16H2,1-2H3,(H,24,29). The van der Waals surface area contributed by atoms with E-state index in [1.807, 2.05) is 0 Å². The van der Waals surface area contributed by atoms with Crippen molar-refractivity contribution in [1.82, 2.24) is 15.1 Å². The van der Waals surface area contributed by atoms with E-state index in [-0.39, 0.29) is 22.2 Å². The van der Waals surface area contributed by atoms with E-state index in [0.717, 1.165) is 51.6 Å². The Morgan fingerprint density at radius 1 is 1.06 bits per heavy atom. The maximum Gasteiger partial charge on any atom is 0.273 e. The average Bonchev–Trinajstić information content (AvgIpc) is 2.80. The van der Waals surface area contributed by atoms with Crippen LogP contribution in [0.2, 0.25) is 0 Å². The molecule has 10 nitrogen and oxygen atoms in total. The van der Waals surface area contributed by atoms with Crippen molar-refractivity contribution in [2.45, 2.75) is 24.7 Å². The van der Waals surface area contributed by atoms with Crippen LogP contribution in [-0.2, 0) is 10.0 Å². The van der Waals surface area contributed by atoms with Crippen LogP contribution in [0.15, 0.2) is 47.4 Å². The molecule has 2 aromatic carbocycles. The molecule has 0 atom stereocenters. The van der Waals surface area contributed by atoms with E-state index in [2.05, 4.69) is 26.9 Å². The summed E-state index contributed by atoms with van der Waals surface area (Å²) in [5.41, 5.74) is 0.789. The minimum Gasteiger partial charge on any atom is -0.352 e. The third-order valence-corrected chi connectivity index (χ3v) is 7.25. The van der Waals surface area contributed by atoms with Crippen LogP contribution in [0.1, 0.15) is 28.8 Å². The van der Waals surface area contributed by atoms with E-state index in [1.54, 1.807) is 6.92 Å². The number of unbranched alkanes of at least 4 members (excludes halogenated alkanes) is 1. The van der Waals surface area contributed by atoms with Gasteiger partial charge in [-0.3, -0.25) is 19.6 Å². The number of likely N-dealkylation sites (N-methyl/N-ethyl adjacent to an activating group) is 1. The molecule has 0 bridgehead atoms. The monoisotopic (exact) mass is 489 g/mol. The summed E-state index contributed by atoms with van der Waals surface area (Å²) < 4.78 is 27.6. The molecule has 1 fully saturated rings. The molecule has 0 unspecified atom stereocenters. The zero-order valence-corrected chi connectivity index (χ0v) is 20.3. The van der Waals surface area contributed by atoms with Gasteiger partial charge in [-0.1, -0.05) is 6.07 Å². The first-order valence-corrected chi connectivity index (χ1v) is 12.7. The van der Waals surface area contributed by atoms with E-state index in [0.29, 0.717) is 17.7 Å². The molecular formula is C23H31N5O5S. The number of carbonyl (C=O) groups is 1. The topological polar surface area (TPSA) is 125 Å². The zero-order valence-electron chi connectivity index (χ0n) is 19.5. The maximum atomic E-state index is 12.6. The van der Waals surface area contributed by atoms with Gasteiger partial charge in [0.05, 0.1) is 9.82 Å². The average molecular weight is 490 g/mol. The van der Waals surface area contributed by atoms with Crippen molar-refractivity contribution in [1.29, 1.82) is 0 Å². The zero-order chi connectivity index (χ0) is 24.7. The van der Waals surface area contributed by atoms with E-state index >= 15 is 0 Å². The minimum absolute atomic E-state index is 0.205. The Bertz CT molecular complexity index is 1110. The lowest BCUT2D eigenvalue weighted by Gasteiger charge is -2.32. The second kappa shape index (κ2) is 11.4. The fourth-order valence-electron chi connectivity index (χ4n) is 3.69. The van der Waals surface area contributed by atoms with Crippen molar-refractivity contribution < 1.29 is 18.1 Å². The Morgan fingerprint density at radius 2 is 1.74 bits per heavy atom. The number of hydrogen-bond acceptors (Lipinski definition) is 7. The summed E-state index contributed by atoms with van der Waals surface area (Å²) in [5.74, 6) is -0.219. The van der Waals surface area contributed by atoms with Crippen LogP contribution in [-0.4, -0.2) is 75.4 Å². The first-order chi connectivity index (χ1) is 16.2. The number of piperazine rings is 1. The molecule has 1 heterocycles. The van der Waals surface area contributed by atoms with Crippen molar-refractivity contribution in [2.75, 3.05) is 51.0 Å². The Labute approximate surface area is 200 Å². The van der Waals surface area contributed by atoms with Crippen molar-refractivity contribution in [2.24, 2.45) is 0 Å². The molecule has 2 aromatic rings. The number of sulfonamides is 1. The predicted octanol–water partition coefficient (Wildman–Crippen LogP) is 2.46. The van der Waals surface area contributed by atoms with Gasteiger partial charge in [-0.15, -0.1) is 0 Å². The number of nitrogens with zero attached hydrogens (tertiary/aromatic N) is 3.